The molecule has 2 atom stereocenters. The van der Waals surface area contributed by atoms with Crippen LogP contribution in [0.25, 0.3) is 5.69 Å². The molecule has 5 nitrogen and oxygen atoms in total. The summed E-state index contributed by atoms with van der Waals surface area (Å²) in [5.74, 6) is 0. The van der Waals surface area contributed by atoms with Gasteiger partial charge in [-0.2, -0.15) is 0 Å². The van der Waals surface area contributed by atoms with Crippen molar-refractivity contribution in [2.45, 2.75) is 19.0 Å². The molecule has 1 N–H and O–H groups in total. The number of nitrogens with one attached hydrogen (secondary N) is 1. The summed E-state index contributed by atoms with van der Waals surface area (Å²) in [7, 11) is 4.18. The number of pyridine rings is 1. The van der Waals surface area contributed by atoms with Gasteiger partial charge in [-0.25, -0.2) is 0 Å². The van der Waals surface area contributed by atoms with Crippen molar-refractivity contribution in [3.63, 3.8) is 0 Å². The highest BCUT2D eigenvalue weighted by molar-refractivity contribution is 7.80. The number of nitrogens with zero attached hydrogens (tertiary/aromatic N) is 4. The topological polar surface area (TPSA) is 36.3 Å². The SMILES string of the molecule is Cc1ccc(-n2cccc2[C@H]2[C@H](c3ccccn3)NC(=S)N2CCN(C)C)cc1. The van der Waals surface area contributed by atoms with E-state index in [-0.39, 0.29) is 12.1 Å². The third-order valence-electron chi connectivity index (χ3n) is 5.38. The fraction of sp³-hybridized carbons (Fsp3) is 0.304. The van der Waals surface area contributed by atoms with E-state index in [4.69, 9.17) is 12.2 Å². The molecule has 2 aromatic heterocycles. The van der Waals surface area contributed by atoms with Crippen molar-refractivity contribution in [1.29, 1.82) is 0 Å². The van der Waals surface area contributed by atoms with E-state index in [1.54, 1.807) is 0 Å². The molecule has 0 saturated carbocycles. The Labute approximate surface area is 178 Å². The highest BCUT2D eigenvalue weighted by atomic mass is 32.1. The number of rotatable bonds is 6. The minimum absolute atomic E-state index is 0.00459. The van der Waals surface area contributed by atoms with Crippen LogP contribution in [0.5, 0.6) is 0 Å². The van der Waals surface area contributed by atoms with Gasteiger partial charge in [-0.15, -0.1) is 0 Å². The summed E-state index contributed by atoms with van der Waals surface area (Å²) in [6.07, 6.45) is 3.97. The zero-order chi connectivity index (χ0) is 20.4. The fourth-order valence-corrected chi connectivity index (χ4v) is 4.18. The maximum atomic E-state index is 5.76. The average Bonchev–Trinajstić information content (AvgIpc) is 3.32. The molecule has 4 rings (SSSR count). The Morgan fingerprint density at radius 2 is 1.86 bits per heavy atom. The fourth-order valence-electron chi connectivity index (χ4n) is 3.85. The largest absolute Gasteiger partial charge is 0.352 e. The third kappa shape index (κ3) is 4.04. The molecule has 1 fully saturated rings. The number of hydrogen-bond acceptors (Lipinski definition) is 3. The molecular weight excluding hydrogens is 378 g/mol. The Bertz CT molecular complexity index is 964. The summed E-state index contributed by atoms with van der Waals surface area (Å²) in [4.78, 5) is 9.12. The predicted molar refractivity (Wildman–Crippen MR) is 121 cm³/mol. The van der Waals surface area contributed by atoms with Crippen LogP contribution in [-0.4, -0.2) is 51.6 Å². The molecule has 0 unspecified atom stereocenters. The van der Waals surface area contributed by atoms with Crippen molar-refractivity contribution < 1.29 is 0 Å². The second-order valence-electron chi connectivity index (χ2n) is 7.76. The Hall–Kier alpha value is -2.70. The van der Waals surface area contributed by atoms with E-state index in [9.17, 15) is 0 Å². The van der Waals surface area contributed by atoms with Crippen LogP contribution >= 0.6 is 12.2 Å². The second-order valence-corrected chi connectivity index (χ2v) is 8.15. The van der Waals surface area contributed by atoms with E-state index in [0.717, 1.165) is 29.6 Å². The lowest BCUT2D eigenvalue weighted by atomic mass is 10.0. The predicted octanol–water partition coefficient (Wildman–Crippen LogP) is 3.71. The molecule has 0 bridgehead atoms. The van der Waals surface area contributed by atoms with Crippen LogP contribution in [0.3, 0.4) is 0 Å². The van der Waals surface area contributed by atoms with Crippen LogP contribution in [0.2, 0.25) is 0 Å². The van der Waals surface area contributed by atoms with Gasteiger partial charge in [0.05, 0.1) is 17.8 Å². The van der Waals surface area contributed by atoms with Crippen molar-refractivity contribution in [3.8, 4) is 5.69 Å². The first-order valence-electron chi connectivity index (χ1n) is 9.91. The minimum Gasteiger partial charge on any atom is -0.352 e. The first-order chi connectivity index (χ1) is 14.0. The summed E-state index contributed by atoms with van der Waals surface area (Å²) in [6, 6.07) is 19.1. The standard InChI is InChI=1S/C23H27N5S/c1-17-9-11-18(12-10-17)27-14-6-8-20(27)22-21(19-7-4-5-13-24-19)25-23(29)28(22)16-15-26(2)3/h4-14,21-22H,15-16H2,1-3H3,(H,25,29)/t21-,22-/m0/s1. The van der Waals surface area contributed by atoms with Crippen molar-refractivity contribution in [1.82, 2.24) is 24.7 Å². The molecule has 0 aliphatic carbocycles. The lowest BCUT2D eigenvalue weighted by molar-refractivity contribution is 0.272. The van der Waals surface area contributed by atoms with Crippen LogP contribution in [0, 0.1) is 6.92 Å². The van der Waals surface area contributed by atoms with Gasteiger partial charge in [-0.1, -0.05) is 23.8 Å². The zero-order valence-electron chi connectivity index (χ0n) is 17.1. The maximum absolute atomic E-state index is 5.76. The van der Waals surface area contributed by atoms with Crippen molar-refractivity contribution in [2.24, 2.45) is 0 Å². The minimum atomic E-state index is 0.00459. The molecule has 1 aliphatic rings. The maximum Gasteiger partial charge on any atom is 0.170 e. The van der Waals surface area contributed by atoms with Gasteiger partial charge >= 0.3 is 0 Å². The number of benzene rings is 1. The van der Waals surface area contributed by atoms with Crippen molar-refractivity contribution >= 4 is 17.3 Å². The molecule has 150 valence electrons. The van der Waals surface area contributed by atoms with Crippen molar-refractivity contribution in [3.05, 3.63) is 83.9 Å². The van der Waals surface area contributed by atoms with E-state index in [1.807, 2.05) is 18.3 Å². The first-order valence-corrected chi connectivity index (χ1v) is 10.3. The molecule has 1 saturated heterocycles. The summed E-state index contributed by atoms with van der Waals surface area (Å²) >= 11 is 5.76. The highest BCUT2D eigenvalue weighted by Crippen LogP contribution is 2.39. The summed E-state index contributed by atoms with van der Waals surface area (Å²) in [6.45, 7) is 3.89. The van der Waals surface area contributed by atoms with Gasteiger partial charge in [0.15, 0.2) is 5.11 Å². The van der Waals surface area contributed by atoms with E-state index < -0.39 is 0 Å². The van der Waals surface area contributed by atoms with Gasteiger partial charge in [0.2, 0.25) is 0 Å². The smallest absolute Gasteiger partial charge is 0.170 e. The third-order valence-corrected chi connectivity index (χ3v) is 5.73. The molecular formula is C23H27N5S. The molecule has 3 heterocycles. The van der Waals surface area contributed by atoms with E-state index in [0.29, 0.717) is 0 Å². The monoisotopic (exact) mass is 405 g/mol. The second kappa shape index (κ2) is 8.35. The number of hydrogen-bond donors (Lipinski definition) is 1. The number of aryl methyl sites for hydroxylation is 1. The first kappa shape index (κ1) is 19.6. The van der Waals surface area contributed by atoms with Gasteiger partial charge < -0.3 is 19.7 Å². The molecule has 6 heteroatoms. The summed E-state index contributed by atoms with van der Waals surface area (Å²) < 4.78 is 2.26. The van der Waals surface area contributed by atoms with Gasteiger partial charge in [-0.05, 0) is 69.6 Å². The molecule has 29 heavy (non-hydrogen) atoms. The van der Waals surface area contributed by atoms with E-state index in [1.165, 1.54) is 11.3 Å². The van der Waals surface area contributed by atoms with Crippen LogP contribution in [-0.2, 0) is 0 Å². The number of likely N-dealkylation sites (N-methyl/N-ethyl adjacent to an activating group) is 1. The Morgan fingerprint density at radius 3 is 2.55 bits per heavy atom. The lowest BCUT2D eigenvalue weighted by Gasteiger charge is -2.29. The quantitative estimate of drug-likeness (QED) is 0.633. The van der Waals surface area contributed by atoms with Gasteiger partial charge in [-0.3, -0.25) is 4.98 Å². The molecule has 3 aromatic rings. The summed E-state index contributed by atoms with van der Waals surface area (Å²) in [5, 5.41) is 4.31. The van der Waals surface area contributed by atoms with Crippen LogP contribution in [0.4, 0.5) is 0 Å². The van der Waals surface area contributed by atoms with Gasteiger partial charge in [0.1, 0.15) is 0 Å². The van der Waals surface area contributed by atoms with E-state index >= 15 is 0 Å². The number of aromatic nitrogens is 2. The molecule has 1 aromatic carbocycles. The number of thiocarbonyl (C=S) groups is 1. The van der Waals surface area contributed by atoms with Gasteiger partial charge in [0, 0.05) is 36.9 Å². The average molecular weight is 406 g/mol. The highest BCUT2D eigenvalue weighted by Gasteiger charge is 2.41. The van der Waals surface area contributed by atoms with Crippen LogP contribution in [0.1, 0.15) is 29.0 Å². The summed E-state index contributed by atoms with van der Waals surface area (Å²) in [5.41, 5.74) is 4.62. The van der Waals surface area contributed by atoms with Crippen molar-refractivity contribution in [2.75, 3.05) is 27.2 Å². The van der Waals surface area contributed by atoms with Gasteiger partial charge in [0.25, 0.3) is 0 Å². The van der Waals surface area contributed by atoms with Crippen LogP contribution in [0.15, 0.2) is 67.0 Å². The Morgan fingerprint density at radius 1 is 1.07 bits per heavy atom. The molecule has 0 spiro atoms. The lowest BCUT2D eigenvalue weighted by Crippen LogP contribution is -2.36. The van der Waals surface area contributed by atoms with Crippen LogP contribution < -0.4 is 5.32 Å². The molecule has 1 aliphatic heterocycles. The normalized spacial score (nSPS) is 19.0. The Balaban J connectivity index is 1.77. The van der Waals surface area contributed by atoms with E-state index in [2.05, 4.69) is 94.3 Å². The molecule has 0 amide bonds. The zero-order valence-corrected chi connectivity index (χ0v) is 17.9. The molecule has 0 radical (unpaired) electrons. The Kier molecular flexibility index (Phi) is 5.65.